The molecule has 1 heterocycles. The molecule has 1 saturated heterocycles. The molecule has 0 aromatic heterocycles. The molecule has 2 rings (SSSR count). The highest BCUT2D eigenvalue weighted by Gasteiger charge is 2.28. The maximum absolute atomic E-state index is 12.8. The maximum atomic E-state index is 12.8. The summed E-state index contributed by atoms with van der Waals surface area (Å²) in [5.41, 5.74) is 0. The van der Waals surface area contributed by atoms with E-state index in [2.05, 4.69) is 0 Å². The minimum atomic E-state index is -0.256. The second-order valence-electron chi connectivity index (χ2n) is 5.33. The maximum Gasteiger partial charge on any atom is 0.309 e. The molecule has 1 aliphatic heterocycles. The topological polar surface area (TPSA) is 40.0 Å². The van der Waals surface area contributed by atoms with Crippen LogP contribution in [0.1, 0.15) is 19.8 Å². The molecule has 0 unspecified atom stereocenters. The average molecular weight is 296 g/mol. The van der Waals surface area contributed by atoms with Crippen molar-refractivity contribution in [1.82, 2.24) is 0 Å². The van der Waals surface area contributed by atoms with E-state index in [9.17, 15) is 9.18 Å². The van der Waals surface area contributed by atoms with E-state index in [1.54, 1.807) is 12.1 Å². The third-order valence-electron chi connectivity index (χ3n) is 3.85. The minimum Gasteiger partial charge on any atom is -0.488 e. The Hall–Kier alpha value is -1.62. The molecule has 0 spiro atoms. The number of piperidine rings is 1. The van der Waals surface area contributed by atoms with Gasteiger partial charge in [0.05, 0.1) is 25.6 Å². The lowest BCUT2D eigenvalue weighted by Gasteiger charge is -2.28. The highest BCUT2D eigenvalue weighted by atomic mass is 19.1. The van der Waals surface area contributed by atoms with Crippen molar-refractivity contribution >= 4 is 5.97 Å². The zero-order chi connectivity index (χ0) is 15.1. The van der Waals surface area contributed by atoms with Crippen LogP contribution in [0.3, 0.4) is 0 Å². The van der Waals surface area contributed by atoms with Gasteiger partial charge in [-0.1, -0.05) is 0 Å². The number of halogens is 1. The average Bonchev–Trinajstić information content (AvgIpc) is 2.50. The van der Waals surface area contributed by atoms with Crippen LogP contribution in [-0.2, 0) is 9.53 Å². The number of rotatable bonds is 6. The Kier molecular flexibility index (Phi) is 5.99. The molecular formula is C16H23FNO3+. The highest BCUT2D eigenvalue weighted by molar-refractivity contribution is 5.72. The van der Waals surface area contributed by atoms with Crippen LogP contribution in [-0.4, -0.2) is 38.8 Å². The van der Waals surface area contributed by atoms with Crippen LogP contribution < -0.4 is 9.64 Å². The molecule has 0 amide bonds. The van der Waals surface area contributed by atoms with Crippen molar-refractivity contribution in [2.24, 2.45) is 5.92 Å². The van der Waals surface area contributed by atoms with Gasteiger partial charge in [-0.05, 0) is 31.2 Å². The predicted molar refractivity (Wildman–Crippen MR) is 76.8 cm³/mol. The van der Waals surface area contributed by atoms with Gasteiger partial charge >= 0.3 is 5.97 Å². The lowest BCUT2D eigenvalue weighted by molar-refractivity contribution is -0.905. The Labute approximate surface area is 124 Å². The largest absolute Gasteiger partial charge is 0.488 e. The normalized spacial score (nSPS) is 21.8. The fourth-order valence-corrected chi connectivity index (χ4v) is 2.62. The van der Waals surface area contributed by atoms with Gasteiger partial charge in [-0.3, -0.25) is 4.79 Å². The molecule has 1 fully saturated rings. The zero-order valence-corrected chi connectivity index (χ0v) is 12.4. The van der Waals surface area contributed by atoms with Gasteiger partial charge in [-0.2, -0.15) is 0 Å². The molecule has 5 heteroatoms. The van der Waals surface area contributed by atoms with Crippen LogP contribution in [0, 0.1) is 11.7 Å². The summed E-state index contributed by atoms with van der Waals surface area (Å²) in [6.07, 6.45) is 1.76. The predicted octanol–water partition coefficient (Wildman–Crippen LogP) is 1.06. The van der Waals surface area contributed by atoms with Crippen molar-refractivity contribution in [3.63, 3.8) is 0 Å². The molecular weight excluding hydrogens is 273 g/mol. The summed E-state index contributed by atoms with van der Waals surface area (Å²) < 4.78 is 23.4. The summed E-state index contributed by atoms with van der Waals surface area (Å²) in [7, 11) is 0. The molecule has 1 N–H and O–H groups in total. The Morgan fingerprint density at radius 2 is 1.95 bits per heavy atom. The Balaban J connectivity index is 1.65. The molecule has 0 aliphatic carbocycles. The number of ether oxygens (including phenoxy) is 2. The molecule has 0 bridgehead atoms. The van der Waals surface area contributed by atoms with Gasteiger partial charge in [0, 0.05) is 12.8 Å². The van der Waals surface area contributed by atoms with Crippen LogP contribution in [0.2, 0.25) is 0 Å². The van der Waals surface area contributed by atoms with Gasteiger partial charge in [0.1, 0.15) is 24.7 Å². The van der Waals surface area contributed by atoms with E-state index in [1.807, 2.05) is 6.92 Å². The molecule has 4 nitrogen and oxygen atoms in total. The molecule has 0 saturated carbocycles. The number of hydrogen-bond donors (Lipinski definition) is 1. The Morgan fingerprint density at radius 3 is 2.57 bits per heavy atom. The third kappa shape index (κ3) is 5.01. The lowest BCUT2D eigenvalue weighted by Crippen LogP contribution is -3.13. The van der Waals surface area contributed by atoms with Crippen molar-refractivity contribution in [3.8, 4) is 5.75 Å². The summed E-state index contributed by atoms with van der Waals surface area (Å²) in [6, 6.07) is 6.06. The van der Waals surface area contributed by atoms with Crippen LogP contribution >= 0.6 is 0 Å². The molecule has 21 heavy (non-hydrogen) atoms. The monoisotopic (exact) mass is 296 g/mol. The van der Waals surface area contributed by atoms with Crippen molar-refractivity contribution < 1.29 is 23.6 Å². The molecule has 0 radical (unpaired) electrons. The number of likely N-dealkylation sites (tertiary alicyclic amines) is 1. The summed E-state index contributed by atoms with van der Waals surface area (Å²) in [5, 5.41) is 0. The number of hydrogen-bond acceptors (Lipinski definition) is 3. The Morgan fingerprint density at radius 1 is 1.29 bits per heavy atom. The third-order valence-corrected chi connectivity index (χ3v) is 3.85. The zero-order valence-electron chi connectivity index (χ0n) is 12.4. The van der Waals surface area contributed by atoms with E-state index in [4.69, 9.17) is 9.47 Å². The van der Waals surface area contributed by atoms with Crippen molar-refractivity contribution in [2.45, 2.75) is 19.8 Å². The summed E-state index contributed by atoms with van der Waals surface area (Å²) in [5.74, 6) is 0.442. The van der Waals surface area contributed by atoms with E-state index in [1.165, 1.54) is 17.0 Å². The van der Waals surface area contributed by atoms with Crippen molar-refractivity contribution in [2.75, 3.05) is 32.8 Å². The van der Waals surface area contributed by atoms with Crippen LogP contribution in [0.15, 0.2) is 24.3 Å². The standard InChI is InChI=1S/C16H22FNO3/c1-2-20-16(19)13-7-9-18(10-8-13)11-12-21-15-5-3-14(17)4-6-15/h3-6,13H,2,7-12H2,1H3/p+1. The summed E-state index contributed by atoms with van der Waals surface area (Å²) in [6.45, 7) is 5.73. The van der Waals surface area contributed by atoms with Gasteiger partial charge in [0.25, 0.3) is 0 Å². The molecule has 0 atom stereocenters. The number of nitrogens with one attached hydrogen (secondary N) is 1. The van der Waals surface area contributed by atoms with Gasteiger partial charge in [-0.15, -0.1) is 0 Å². The van der Waals surface area contributed by atoms with Gasteiger partial charge in [-0.25, -0.2) is 4.39 Å². The smallest absolute Gasteiger partial charge is 0.309 e. The second kappa shape index (κ2) is 7.98. The fourth-order valence-electron chi connectivity index (χ4n) is 2.62. The number of carbonyl (C=O) groups is 1. The summed E-state index contributed by atoms with van der Waals surface area (Å²) >= 11 is 0. The van der Waals surface area contributed by atoms with E-state index < -0.39 is 0 Å². The van der Waals surface area contributed by atoms with Gasteiger partial charge in [0.15, 0.2) is 0 Å². The first kappa shape index (κ1) is 15.8. The number of esters is 1. The van der Waals surface area contributed by atoms with Crippen LogP contribution in [0.4, 0.5) is 4.39 Å². The van der Waals surface area contributed by atoms with E-state index in [-0.39, 0.29) is 17.7 Å². The molecule has 1 aromatic carbocycles. The SMILES string of the molecule is CCOC(=O)C1CC[NH+](CCOc2ccc(F)cc2)CC1. The quantitative estimate of drug-likeness (QED) is 0.798. The van der Waals surface area contributed by atoms with Crippen molar-refractivity contribution in [1.29, 1.82) is 0 Å². The van der Waals surface area contributed by atoms with E-state index >= 15 is 0 Å². The Bertz CT molecular complexity index is 441. The highest BCUT2D eigenvalue weighted by Crippen LogP contribution is 2.12. The minimum absolute atomic E-state index is 0.0564. The summed E-state index contributed by atoms with van der Waals surface area (Å²) in [4.78, 5) is 13.1. The fraction of sp³-hybridized carbons (Fsp3) is 0.562. The number of benzene rings is 1. The van der Waals surface area contributed by atoms with Crippen molar-refractivity contribution in [3.05, 3.63) is 30.1 Å². The molecule has 1 aliphatic rings. The first-order chi connectivity index (χ1) is 10.2. The van der Waals surface area contributed by atoms with E-state index in [0.29, 0.717) is 19.0 Å². The lowest BCUT2D eigenvalue weighted by atomic mass is 9.97. The molecule has 116 valence electrons. The first-order valence-electron chi connectivity index (χ1n) is 7.57. The van der Waals surface area contributed by atoms with Gasteiger partial charge < -0.3 is 14.4 Å². The number of quaternary nitrogens is 1. The van der Waals surface area contributed by atoms with Crippen LogP contribution in [0.25, 0.3) is 0 Å². The van der Waals surface area contributed by atoms with E-state index in [0.717, 1.165) is 32.5 Å². The van der Waals surface area contributed by atoms with Gasteiger partial charge in [0.2, 0.25) is 0 Å². The second-order valence-corrected chi connectivity index (χ2v) is 5.33. The first-order valence-corrected chi connectivity index (χ1v) is 7.57. The molecule has 1 aromatic rings. The van der Waals surface area contributed by atoms with Crippen LogP contribution in [0.5, 0.6) is 5.75 Å². The number of carbonyl (C=O) groups excluding carboxylic acids is 1.